The van der Waals surface area contributed by atoms with Gasteiger partial charge in [0.05, 0.1) is 16.1 Å². The zero-order chi connectivity index (χ0) is 11.8. The van der Waals surface area contributed by atoms with Crippen molar-refractivity contribution in [2.24, 2.45) is 0 Å². The Kier molecular flexibility index (Phi) is 2.95. The van der Waals surface area contributed by atoms with Crippen molar-refractivity contribution in [2.45, 2.75) is 13.1 Å². The highest BCUT2D eigenvalue weighted by Gasteiger charge is 2.33. The van der Waals surface area contributed by atoms with Crippen molar-refractivity contribution in [1.82, 2.24) is 0 Å². The van der Waals surface area contributed by atoms with Crippen LogP contribution in [0.25, 0.3) is 0 Å². The van der Waals surface area contributed by atoms with Crippen LogP contribution in [0.2, 0.25) is 5.02 Å². The van der Waals surface area contributed by atoms with E-state index >= 15 is 0 Å². The van der Waals surface area contributed by atoms with Crippen LogP contribution in [-0.2, 0) is 6.18 Å². The number of benzene rings is 1. The summed E-state index contributed by atoms with van der Waals surface area (Å²) in [6.45, 7) is 1.14. The first-order chi connectivity index (χ1) is 6.75. The highest BCUT2D eigenvalue weighted by atomic mass is 35.5. The lowest BCUT2D eigenvalue weighted by molar-refractivity contribution is -0.138. The fourth-order valence-corrected chi connectivity index (χ4v) is 1.40. The fourth-order valence-electron chi connectivity index (χ4n) is 1.16. The third-order valence-corrected chi connectivity index (χ3v) is 2.41. The van der Waals surface area contributed by atoms with Gasteiger partial charge in [0.25, 0.3) is 0 Å². The van der Waals surface area contributed by atoms with Crippen molar-refractivity contribution < 1.29 is 23.1 Å². The van der Waals surface area contributed by atoms with Crippen molar-refractivity contribution in [3.05, 3.63) is 33.8 Å². The van der Waals surface area contributed by atoms with Crippen LogP contribution in [0.5, 0.6) is 0 Å². The van der Waals surface area contributed by atoms with Crippen molar-refractivity contribution >= 4 is 17.6 Å². The number of carbonyl (C=O) groups is 1. The first-order valence-electron chi connectivity index (χ1n) is 3.84. The molecule has 1 N–H and O–H groups in total. The summed E-state index contributed by atoms with van der Waals surface area (Å²) in [7, 11) is 0. The van der Waals surface area contributed by atoms with Gasteiger partial charge in [-0.3, -0.25) is 0 Å². The molecule has 0 saturated carbocycles. The maximum Gasteiger partial charge on any atom is 0.416 e. The quantitative estimate of drug-likeness (QED) is 0.815. The minimum atomic E-state index is -4.52. The minimum Gasteiger partial charge on any atom is -0.478 e. The lowest BCUT2D eigenvalue weighted by Gasteiger charge is -2.12. The molecule has 0 heterocycles. The second kappa shape index (κ2) is 3.73. The van der Waals surface area contributed by atoms with Crippen LogP contribution in [0, 0.1) is 6.92 Å². The summed E-state index contributed by atoms with van der Waals surface area (Å²) in [4.78, 5) is 10.6. The van der Waals surface area contributed by atoms with E-state index in [4.69, 9.17) is 16.7 Å². The molecule has 2 nitrogen and oxygen atoms in total. The van der Waals surface area contributed by atoms with Crippen LogP contribution in [0.15, 0.2) is 12.1 Å². The van der Waals surface area contributed by atoms with E-state index in [2.05, 4.69) is 0 Å². The molecule has 1 aromatic rings. The van der Waals surface area contributed by atoms with Gasteiger partial charge in [-0.1, -0.05) is 11.6 Å². The number of halogens is 4. The van der Waals surface area contributed by atoms with Crippen LogP contribution in [0.1, 0.15) is 21.5 Å². The van der Waals surface area contributed by atoms with E-state index in [-0.39, 0.29) is 16.1 Å². The van der Waals surface area contributed by atoms with E-state index in [0.717, 1.165) is 13.0 Å². The third kappa shape index (κ3) is 2.23. The maximum absolute atomic E-state index is 12.4. The normalized spacial score (nSPS) is 11.5. The minimum absolute atomic E-state index is 0.274. The number of hydrogen-bond donors (Lipinski definition) is 1. The van der Waals surface area contributed by atoms with E-state index in [1.165, 1.54) is 0 Å². The van der Waals surface area contributed by atoms with E-state index in [9.17, 15) is 18.0 Å². The summed E-state index contributed by atoms with van der Waals surface area (Å²) in [6.07, 6.45) is -4.52. The van der Waals surface area contributed by atoms with Crippen molar-refractivity contribution in [3.8, 4) is 0 Å². The van der Waals surface area contributed by atoms with Crippen LogP contribution < -0.4 is 0 Å². The molecule has 82 valence electrons. The average Bonchev–Trinajstić information content (AvgIpc) is 2.06. The lowest BCUT2D eigenvalue weighted by atomic mass is 10.0. The van der Waals surface area contributed by atoms with E-state index in [1.807, 2.05) is 0 Å². The Morgan fingerprint density at radius 3 is 2.33 bits per heavy atom. The Hall–Kier alpha value is -1.23. The Labute approximate surface area is 88.3 Å². The molecule has 0 amide bonds. The second-order valence-corrected chi connectivity index (χ2v) is 3.28. The van der Waals surface area contributed by atoms with Gasteiger partial charge in [0, 0.05) is 0 Å². The number of carboxylic acid groups (broad SMARTS) is 1. The van der Waals surface area contributed by atoms with Crippen molar-refractivity contribution in [1.29, 1.82) is 0 Å². The third-order valence-electron chi connectivity index (χ3n) is 1.92. The van der Waals surface area contributed by atoms with Crippen molar-refractivity contribution in [3.63, 3.8) is 0 Å². The zero-order valence-electron chi connectivity index (χ0n) is 7.52. The highest BCUT2D eigenvalue weighted by Crippen LogP contribution is 2.35. The second-order valence-electron chi connectivity index (χ2n) is 2.90. The number of carboxylic acids is 1. The molecule has 0 radical (unpaired) electrons. The van der Waals surface area contributed by atoms with Gasteiger partial charge < -0.3 is 5.11 Å². The molecule has 0 unspecified atom stereocenters. The Morgan fingerprint density at radius 2 is 1.93 bits per heavy atom. The molecular formula is C9H6ClF3O2. The molecule has 0 aliphatic rings. The first-order valence-corrected chi connectivity index (χ1v) is 4.22. The predicted molar refractivity (Wildman–Crippen MR) is 48.2 cm³/mol. The van der Waals surface area contributed by atoms with Crippen molar-refractivity contribution in [2.75, 3.05) is 0 Å². The Morgan fingerprint density at radius 1 is 1.40 bits per heavy atom. The molecule has 0 fully saturated rings. The van der Waals surface area contributed by atoms with Gasteiger partial charge in [-0.15, -0.1) is 0 Å². The van der Waals surface area contributed by atoms with Crippen LogP contribution >= 0.6 is 11.6 Å². The topological polar surface area (TPSA) is 37.3 Å². The fraction of sp³-hybridized carbons (Fsp3) is 0.222. The molecule has 1 rings (SSSR count). The summed E-state index contributed by atoms with van der Waals surface area (Å²) in [5, 5.41) is 8.24. The molecule has 0 bridgehead atoms. The molecular weight excluding hydrogens is 233 g/mol. The van der Waals surface area contributed by atoms with E-state index < -0.39 is 17.7 Å². The van der Waals surface area contributed by atoms with Crippen LogP contribution in [-0.4, -0.2) is 11.1 Å². The van der Waals surface area contributed by atoms with Gasteiger partial charge in [-0.05, 0) is 24.6 Å². The van der Waals surface area contributed by atoms with Gasteiger partial charge in [0.2, 0.25) is 0 Å². The molecule has 0 spiro atoms. The molecule has 0 aliphatic carbocycles. The van der Waals surface area contributed by atoms with E-state index in [0.29, 0.717) is 6.07 Å². The molecule has 1 aromatic carbocycles. The lowest BCUT2D eigenvalue weighted by Crippen LogP contribution is -2.10. The van der Waals surface area contributed by atoms with Gasteiger partial charge in [0.1, 0.15) is 0 Å². The number of aromatic carboxylic acids is 1. The summed E-state index contributed by atoms with van der Waals surface area (Å²) in [5.74, 6) is -1.35. The highest BCUT2D eigenvalue weighted by molar-refractivity contribution is 6.34. The molecule has 0 aliphatic heterocycles. The SMILES string of the molecule is Cc1c(C(F)(F)F)ccc(C(=O)O)c1Cl. The summed E-state index contributed by atoms with van der Waals surface area (Å²) >= 11 is 5.52. The number of rotatable bonds is 1. The van der Waals surface area contributed by atoms with Gasteiger partial charge in [0.15, 0.2) is 0 Å². The van der Waals surface area contributed by atoms with Gasteiger partial charge in [-0.25, -0.2) is 4.79 Å². The molecule has 15 heavy (non-hydrogen) atoms. The largest absolute Gasteiger partial charge is 0.478 e. The molecule has 6 heteroatoms. The van der Waals surface area contributed by atoms with Gasteiger partial charge in [-0.2, -0.15) is 13.2 Å². The Bertz CT molecular complexity index is 413. The standard InChI is InChI=1S/C9H6ClF3O2/c1-4-6(9(11,12)13)3-2-5(7(4)10)8(14)15/h2-3H,1H3,(H,14,15). The maximum atomic E-state index is 12.4. The molecule has 0 saturated heterocycles. The van der Waals surface area contributed by atoms with Gasteiger partial charge >= 0.3 is 12.1 Å². The monoisotopic (exact) mass is 238 g/mol. The Balaban J connectivity index is 3.41. The van der Waals surface area contributed by atoms with Crippen LogP contribution in [0.3, 0.4) is 0 Å². The van der Waals surface area contributed by atoms with Crippen LogP contribution in [0.4, 0.5) is 13.2 Å². The smallest absolute Gasteiger partial charge is 0.416 e. The average molecular weight is 239 g/mol. The molecule has 0 aromatic heterocycles. The predicted octanol–water partition coefficient (Wildman–Crippen LogP) is 3.37. The van der Waals surface area contributed by atoms with E-state index in [1.54, 1.807) is 0 Å². The molecule has 0 atom stereocenters. The number of hydrogen-bond acceptors (Lipinski definition) is 1. The summed E-state index contributed by atoms with van der Waals surface area (Å²) < 4.78 is 37.1. The summed E-state index contributed by atoms with van der Waals surface area (Å²) in [5.41, 5.74) is -1.52. The zero-order valence-corrected chi connectivity index (χ0v) is 8.28. The number of alkyl halides is 3. The first kappa shape index (κ1) is 11.8. The summed E-state index contributed by atoms with van der Waals surface area (Å²) in [6, 6.07) is 1.56.